The lowest BCUT2D eigenvalue weighted by atomic mass is 10.2. The Balaban J connectivity index is 2.53. The minimum absolute atomic E-state index is 0.0841. The topological polar surface area (TPSA) is 49.8 Å². The van der Waals surface area contributed by atoms with Gasteiger partial charge >= 0.3 is 0 Å². The Morgan fingerprint density at radius 1 is 1.75 bits per heavy atom. The molecule has 0 aromatic carbocycles. The van der Waals surface area contributed by atoms with Crippen molar-refractivity contribution >= 4 is 5.91 Å². The van der Waals surface area contributed by atoms with Gasteiger partial charge in [-0.3, -0.25) is 4.79 Å². The average molecular weight is 173 g/mol. The average Bonchev–Trinajstić information content (AvgIpc) is 2.04. The maximum atomic E-state index is 11.3. The number of aliphatic hydroxyl groups excluding tert-OH is 1. The number of rotatable bonds is 1. The van der Waals surface area contributed by atoms with E-state index in [-0.39, 0.29) is 11.9 Å². The highest BCUT2D eigenvalue weighted by atomic mass is 16.5. The summed E-state index contributed by atoms with van der Waals surface area (Å²) >= 11 is 0. The van der Waals surface area contributed by atoms with E-state index in [1.54, 1.807) is 4.90 Å². The van der Waals surface area contributed by atoms with E-state index >= 15 is 0 Å². The van der Waals surface area contributed by atoms with E-state index in [0.29, 0.717) is 19.8 Å². The van der Waals surface area contributed by atoms with Crippen LogP contribution in [0.4, 0.5) is 0 Å². The Hall–Kier alpha value is -0.610. The van der Waals surface area contributed by atoms with E-state index in [1.807, 2.05) is 6.92 Å². The number of morpholine rings is 1. The number of amides is 1. The number of nitrogens with zero attached hydrogens (tertiary/aromatic N) is 1. The van der Waals surface area contributed by atoms with Crippen LogP contribution in [0.3, 0.4) is 0 Å². The number of ether oxygens (including phenoxy) is 1. The zero-order valence-corrected chi connectivity index (χ0v) is 7.49. The first-order chi connectivity index (χ1) is 5.63. The van der Waals surface area contributed by atoms with Crippen LogP contribution in [0.25, 0.3) is 0 Å². The van der Waals surface area contributed by atoms with Gasteiger partial charge in [0.15, 0.2) is 0 Å². The largest absolute Gasteiger partial charge is 0.384 e. The molecule has 0 bridgehead atoms. The summed E-state index contributed by atoms with van der Waals surface area (Å²) in [6.45, 7) is 5.14. The zero-order valence-electron chi connectivity index (χ0n) is 7.49. The van der Waals surface area contributed by atoms with Gasteiger partial charge in [0.05, 0.1) is 19.3 Å². The van der Waals surface area contributed by atoms with Crippen LogP contribution < -0.4 is 0 Å². The monoisotopic (exact) mass is 173 g/mol. The number of aliphatic hydroxyl groups is 1. The summed E-state index contributed by atoms with van der Waals surface area (Å²) in [6.07, 6.45) is -0.898. The van der Waals surface area contributed by atoms with Crippen LogP contribution in [0.1, 0.15) is 13.8 Å². The first kappa shape index (κ1) is 9.48. The summed E-state index contributed by atoms with van der Waals surface area (Å²) in [7, 11) is 0. The molecule has 1 N–H and O–H groups in total. The van der Waals surface area contributed by atoms with Crippen molar-refractivity contribution in [3.05, 3.63) is 0 Å². The molecular formula is C8H15NO3. The molecule has 1 aliphatic rings. The van der Waals surface area contributed by atoms with Crippen molar-refractivity contribution in [2.45, 2.75) is 26.0 Å². The van der Waals surface area contributed by atoms with Crippen molar-refractivity contribution in [1.82, 2.24) is 4.90 Å². The summed E-state index contributed by atoms with van der Waals surface area (Å²) in [4.78, 5) is 13.0. The molecule has 0 spiro atoms. The molecule has 1 unspecified atom stereocenters. The Bertz CT molecular complexity index is 170. The fraction of sp³-hybridized carbons (Fsp3) is 0.875. The third-order valence-corrected chi connectivity index (χ3v) is 2.01. The van der Waals surface area contributed by atoms with Gasteiger partial charge in [0.1, 0.15) is 6.10 Å². The van der Waals surface area contributed by atoms with E-state index in [0.717, 1.165) is 0 Å². The maximum Gasteiger partial charge on any atom is 0.251 e. The van der Waals surface area contributed by atoms with Crippen molar-refractivity contribution in [2.24, 2.45) is 0 Å². The van der Waals surface area contributed by atoms with Crippen molar-refractivity contribution in [1.29, 1.82) is 0 Å². The molecule has 0 saturated carbocycles. The van der Waals surface area contributed by atoms with E-state index < -0.39 is 6.10 Å². The lowest BCUT2D eigenvalue weighted by Crippen LogP contribution is -2.50. The van der Waals surface area contributed by atoms with Gasteiger partial charge in [-0.2, -0.15) is 0 Å². The van der Waals surface area contributed by atoms with E-state index in [2.05, 4.69) is 0 Å². The third kappa shape index (κ3) is 1.95. The van der Waals surface area contributed by atoms with Crippen molar-refractivity contribution < 1.29 is 14.6 Å². The van der Waals surface area contributed by atoms with Crippen molar-refractivity contribution in [3.63, 3.8) is 0 Å². The van der Waals surface area contributed by atoms with Gasteiger partial charge < -0.3 is 14.7 Å². The van der Waals surface area contributed by atoms with Gasteiger partial charge in [-0.05, 0) is 13.8 Å². The molecule has 70 valence electrons. The lowest BCUT2D eigenvalue weighted by molar-refractivity contribution is -0.147. The molecule has 4 nitrogen and oxygen atoms in total. The molecular weight excluding hydrogens is 158 g/mol. The molecule has 1 aliphatic heterocycles. The smallest absolute Gasteiger partial charge is 0.251 e. The number of carbonyl (C=O) groups excluding carboxylic acids is 1. The predicted molar refractivity (Wildman–Crippen MR) is 43.7 cm³/mol. The molecule has 12 heavy (non-hydrogen) atoms. The fourth-order valence-corrected chi connectivity index (χ4v) is 1.29. The highest BCUT2D eigenvalue weighted by Crippen LogP contribution is 2.07. The second kappa shape index (κ2) is 3.87. The van der Waals surface area contributed by atoms with Crippen molar-refractivity contribution in [3.8, 4) is 0 Å². The van der Waals surface area contributed by atoms with Crippen LogP contribution in [0.2, 0.25) is 0 Å². The number of hydrogen-bond donors (Lipinski definition) is 1. The summed E-state index contributed by atoms with van der Waals surface area (Å²) < 4.78 is 5.17. The van der Waals surface area contributed by atoms with Gasteiger partial charge in [0.2, 0.25) is 0 Å². The maximum absolute atomic E-state index is 11.3. The predicted octanol–water partition coefficient (Wildman–Crippen LogP) is -0.385. The molecule has 1 fully saturated rings. The fourth-order valence-electron chi connectivity index (χ4n) is 1.29. The van der Waals surface area contributed by atoms with Gasteiger partial charge in [-0.1, -0.05) is 0 Å². The second-order valence-corrected chi connectivity index (χ2v) is 3.13. The zero-order chi connectivity index (χ0) is 9.14. The van der Waals surface area contributed by atoms with Gasteiger partial charge in [0.25, 0.3) is 5.91 Å². The Morgan fingerprint density at radius 2 is 2.42 bits per heavy atom. The molecule has 0 aliphatic carbocycles. The van der Waals surface area contributed by atoms with E-state index in [9.17, 15) is 4.79 Å². The minimum atomic E-state index is -0.898. The quantitative estimate of drug-likeness (QED) is 0.587. The summed E-state index contributed by atoms with van der Waals surface area (Å²) in [6, 6.07) is 0.0841. The van der Waals surface area contributed by atoms with Crippen LogP contribution in [-0.2, 0) is 9.53 Å². The SMILES string of the molecule is CC1COCCN1C(=O)[C@@H](C)O. The van der Waals surface area contributed by atoms with Crippen molar-refractivity contribution in [2.75, 3.05) is 19.8 Å². The standard InChI is InChI=1S/C8H15NO3/c1-6-5-12-4-3-9(6)8(11)7(2)10/h6-7,10H,3-5H2,1-2H3/t6?,7-/m1/s1. The lowest BCUT2D eigenvalue weighted by Gasteiger charge is -2.34. The van der Waals surface area contributed by atoms with Crippen LogP contribution in [0.5, 0.6) is 0 Å². The summed E-state index contributed by atoms with van der Waals surface area (Å²) in [5.41, 5.74) is 0. The Labute approximate surface area is 72.1 Å². The molecule has 2 atom stereocenters. The molecule has 0 radical (unpaired) electrons. The van der Waals surface area contributed by atoms with Gasteiger partial charge in [-0.25, -0.2) is 0 Å². The molecule has 0 aromatic rings. The molecule has 1 rings (SSSR count). The third-order valence-electron chi connectivity index (χ3n) is 2.01. The van der Waals surface area contributed by atoms with E-state index in [4.69, 9.17) is 9.84 Å². The molecule has 1 saturated heterocycles. The van der Waals surface area contributed by atoms with Crippen LogP contribution in [-0.4, -0.2) is 47.8 Å². The molecule has 1 amide bonds. The van der Waals surface area contributed by atoms with Gasteiger partial charge in [-0.15, -0.1) is 0 Å². The Kier molecular flexibility index (Phi) is 3.05. The first-order valence-corrected chi connectivity index (χ1v) is 4.19. The van der Waals surface area contributed by atoms with Crippen LogP contribution in [0.15, 0.2) is 0 Å². The second-order valence-electron chi connectivity index (χ2n) is 3.13. The molecule has 1 heterocycles. The Morgan fingerprint density at radius 3 is 2.92 bits per heavy atom. The highest BCUT2D eigenvalue weighted by molar-refractivity contribution is 5.80. The minimum Gasteiger partial charge on any atom is -0.384 e. The summed E-state index contributed by atoms with van der Waals surface area (Å²) in [5, 5.41) is 9.06. The van der Waals surface area contributed by atoms with Crippen LogP contribution >= 0.6 is 0 Å². The first-order valence-electron chi connectivity index (χ1n) is 4.19. The highest BCUT2D eigenvalue weighted by Gasteiger charge is 2.25. The molecule has 4 heteroatoms. The number of hydrogen-bond acceptors (Lipinski definition) is 3. The number of carbonyl (C=O) groups is 1. The van der Waals surface area contributed by atoms with Gasteiger partial charge in [0, 0.05) is 6.54 Å². The van der Waals surface area contributed by atoms with Crippen LogP contribution in [0, 0.1) is 0 Å². The summed E-state index contributed by atoms with van der Waals surface area (Å²) in [5.74, 6) is -0.203. The normalized spacial score (nSPS) is 26.9. The van der Waals surface area contributed by atoms with E-state index in [1.165, 1.54) is 6.92 Å². The molecule has 0 aromatic heterocycles.